The van der Waals surface area contributed by atoms with Gasteiger partial charge in [0.2, 0.25) is 0 Å². The van der Waals surface area contributed by atoms with Crippen LogP contribution in [0.3, 0.4) is 0 Å². The average molecular weight is 626 g/mol. The molecule has 1 aliphatic heterocycles. The molecule has 9 nitrogen and oxygen atoms in total. The first-order valence-corrected chi connectivity index (χ1v) is 14.5. The second-order valence-electron chi connectivity index (χ2n) is 9.46. The van der Waals surface area contributed by atoms with Crippen LogP contribution in [0.5, 0.6) is 5.75 Å². The molecule has 11 heteroatoms. The Labute approximate surface area is 242 Å². The zero-order valence-corrected chi connectivity index (χ0v) is 25.3. The number of halogens is 1. The quantitative estimate of drug-likeness (QED) is 0.293. The van der Waals surface area contributed by atoms with Crippen LogP contribution < -0.4 is 25.3 Å². The highest BCUT2D eigenvalue weighted by atomic mass is 79.9. The molecule has 2 aromatic heterocycles. The molecule has 40 heavy (non-hydrogen) atoms. The Hall–Kier alpha value is -3.70. The number of hydrogen-bond donors (Lipinski definition) is 0. The van der Waals surface area contributed by atoms with E-state index in [-0.39, 0.29) is 17.9 Å². The molecular weight excluding hydrogens is 596 g/mol. The van der Waals surface area contributed by atoms with E-state index in [1.54, 1.807) is 54.0 Å². The second kappa shape index (κ2) is 11.1. The lowest BCUT2D eigenvalue weighted by molar-refractivity contribution is -0.139. The maximum atomic E-state index is 14.0. The molecule has 1 atom stereocenters. The van der Waals surface area contributed by atoms with Gasteiger partial charge in [-0.1, -0.05) is 36.8 Å². The molecule has 0 N–H and O–H groups in total. The lowest BCUT2D eigenvalue weighted by atomic mass is 9.94. The number of allylic oxidation sites excluding steroid dienone is 1. The molecule has 0 unspecified atom stereocenters. The number of methoxy groups -OCH3 is 1. The Morgan fingerprint density at radius 1 is 1.10 bits per heavy atom. The van der Waals surface area contributed by atoms with Crippen LogP contribution in [0.15, 0.2) is 66.7 Å². The Morgan fingerprint density at radius 3 is 2.52 bits per heavy atom. The number of aromatic nitrogens is 3. The lowest BCUT2D eigenvalue weighted by Gasteiger charge is -2.26. The maximum Gasteiger partial charge on any atom is 0.338 e. The lowest BCUT2D eigenvalue weighted by Crippen LogP contribution is -2.40. The van der Waals surface area contributed by atoms with Gasteiger partial charge in [0.1, 0.15) is 5.75 Å². The van der Waals surface area contributed by atoms with Gasteiger partial charge in [0.25, 0.3) is 5.56 Å². The van der Waals surface area contributed by atoms with Gasteiger partial charge in [-0.25, -0.2) is 14.6 Å². The van der Waals surface area contributed by atoms with Crippen molar-refractivity contribution in [1.29, 1.82) is 0 Å². The van der Waals surface area contributed by atoms with Gasteiger partial charge in [-0.3, -0.25) is 18.5 Å². The van der Waals surface area contributed by atoms with Crippen LogP contribution >= 0.6 is 27.3 Å². The number of carbonyl (C=O) groups excluding carboxylic acids is 1. The third-order valence-corrected chi connectivity index (χ3v) is 8.58. The van der Waals surface area contributed by atoms with Crippen LogP contribution in [0.2, 0.25) is 0 Å². The first-order chi connectivity index (χ1) is 19.2. The fourth-order valence-electron chi connectivity index (χ4n) is 5.05. The van der Waals surface area contributed by atoms with Crippen LogP contribution in [-0.2, 0) is 23.6 Å². The van der Waals surface area contributed by atoms with Crippen molar-refractivity contribution in [2.24, 2.45) is 19.1 Å². The maximum absolute atomic E-state index is 14.0. The minimum absolute atomic E-state index is 0.118. The van der Waals surface area contributed by atoms with Crippen molar-refractivity contribution < 1.29 is 14.3 Å². The summed E-state index contributed by atoms with van der Waals surface area (Å²) >= 11 is 4.82. The summed E-state index contributed by atoms with van der Waals surface area (Å²) in [5.74, 6) is 0.147. The normalized spacial score (nSPS) is 15.3. The van der Waals surface area contributed by atoms with Crippen molar-refractivity contribution in [1.82, 2.24) is 13.7 Å². The molecule has 0 bridgehead atoms. The Kier molecular flexibility index (Phi) is 7.70. The first kappa shape index (κ1) is 27.9. The molecule has 0 spiro atoms. The number of fused-ring (bicyclic) bond motifs is 2. The minimum Gasteiger partial charge on any atom is -0.496 e. The first-order valence-electron chi connectivity index (χ1n) is 12.9. The summed E-state index contributed by atoms with van der Waals surface area (Å²) in [5.41, 5.74) is 3.68. The molecular formula is C29H29BrN4O5S. The molecule has 0 radical (unpaired) electrons. The van der Waals surface area contributed by atoms with E-state index in [9.17, 15) is 14.4 Å². The number of aryl methyl sites for hydroxylation is 2. The summed E-state index contributed by atoms with van der Waals surface area (Å²) in [5, 5.41) is 0. The van der Waals surface area contributed by atoms with E-state index in [2.05, 4.69) is 15.9 Å². The van der Waals surface area contributed by atoms with Crippen molar-refractivity contribution in [3.8, 4) is 5.75 Å². The molecule has 208 valence electrons. The van der Waals surface area contributed by atoms with E-state index in [1.807, 2.05) is 37.3 Å². The molecule has 0 amide bonds. The minimum atomic E-state index is -0.723. The van der Waals surface area contributed by atoms with Gasteiger partial charge in [-0.2, -0.15) is 0 Å². The van der Waals surface area contributed by atoms with Gasteiger partial charge in [0.15, 0.2) is 4.80 Å². The fourth-order valence-corrected chi connectivity index (χ4v) is 6.63. The van der Waals surface area contributed by atoms with Gasteiger partial charge in [0, 0.05) is 14.1 Å². The number of nitrogens with zero attached hydrogens (tertiary/aromatic N) is 4. The Bertz CT molecular complexity index is 1930. The fraction of sp³-hybridized carbons (Fsp3) is 0.310. The summed E-state index contributed by atoms with van der Waals surface area (Å²) in [7, 11) is 5.03. The van der Waals surface area contributed by atoms with Crippen molar-refractivity contribution in [3.05, 3.63) is 93.4 Å². The topological polar surface area (TPSA) is 96.8 Å². The summed E-state index contributed by atoms with van der Waals surface area (Å²) in [6, 6.07) is 10.4. The van der Waals surface area contributed by atoms with Crippen LogP contribution in [0.25, 0.3) is 17.1 Å². The molecule has 0 aliphatic carbocycles. The van der Waals surface area contributed by atoms with Gasteiger partial charge in [-0.05, 0) is 70.7 Å². The molecule has 4 aromatic rings. The SMILES string of the molecule is CCCC1=C(C(=O)OCC)[C@H](c2ccc(OC)c(Br)c2)n2c(s/c(=C/c3ccc4c(c3)n(C)c(=O)n4C)c2=O)=N1. The van der Waals surface area contributed by atoms with Gasteiger partial charge < -0.3 is 9.47 Å². The van der Waals surface area contributed by atoms with E-state index in [1.165, 1.54) is 11.3 Å². The number of ether oxygens (including phenoxy) is 2. The predicted octanol–water partition coefficient (Wildman–Crippen LogP) is 3.54. The molecule has 0 saturated heterocycles. The van der Waals surface area contributed by atoms with Crippen molar-refractivity contribution in [3.63, 3.8) is 0 Å². The van der Waals surface area contributed by atoms with Gasteiger partial charge in [-0.15, -0.1) is 0 Å². The smallest absolute Gasteiger partial charge is 0.338 e. The number of hydrogen-bond acceptors (Lipinski definition) is 7. The Morgan fingerprint density at radius 2 is 1.85 bits per heavy atom. The predicted molar refractivity (Wildman–Crippen MR) is 158 cm³/mol. The number of benzene rings is 2. The zero-order valence-electron chi connectivity index (χ0n) is 22.9. The highest BCUT2D eigenvalue weighted by Gasteiger charge is 2.34. The van der Waals surface area contributed by atoms with E-state index in [0.717, 1.165) is 28.6 Å². The highest BCUT2D eigenvalue weighted by Crippen LogP contribution is 2.36. The monoisotopic (exact) mass is 624 g/mol. The second-order valence-corrected chi connectivity index (χ2v) is 11.3. The van der Waals surface area contributed by atoms with Gasteiger partial charge in [0.05, 0.1) is 51.1 Å². The van der Waals surface area contributed by atoms with E-state index < -0.39 is 12.0 Å². The summed E-state index contributed by atoms with van der Waals surface area (Å²) < 4.78 is 16.8. The number of esters is 1. The third kappa shape index (κ3) is 4.66. The van der Waals surface area contributed by atoms with Crippen molar-refractivity contribution in [2.75, 3.05) is 13.7 Å². The zero-order chi connectivity index (χ0) is 28.7. The summed E-state index contributed by atoms with van der Waals surface area (Å²) in [6.07, 6.45) is 3.13. The van der Waals surface area contributed by atoms with E-state index in [4.69, 9.17) is 14.5 Å². The van der Waals surface area contributed by atoms with Crippen LogP contribution in [0.4, 0.5) is 0 Å². The number of rotatable bonds is 7. The molecule has 0 fully saturated rings. The molecule has 1 aliphatic rings. The average Bonchev–Trinajstić information content (AvgIpc) is 3.35. The number of thiazole rings is 1. The van der Waals surface area contributed by atoms with Crippen molar-refractivity contribution in [2.45, 2.75) is 32.7 Å². The molecule has 2 aromatic carbocycles. The number of carbonyl (C=O) groups is 1. The standard InChI is InChI=1S/C29H29BrN4O5S/c1-6-8-19-24(27(36)39-7-2)25(17-10-12-22(38-5)18(30)15-17)34-26(35)23(40-28(34)31-19)14-16-9-11-20-21(13-16)33(4)29(37)32(20)3/h9-15,25H,6-8H2,1-5H3/b23-14+/t25-/m0/s1. The summed E-state index contributed by atoms with van der Waals surface area (Å²) in [4.78, 5) is 45.1. The van der Waals surface area contributed by atoms with Gasteiger partial charge >= 0.3 is 11.7 Å². The van der Waals surface area contributed by atoms with Crippen molar-refractivity contribution >= 4 is 50.3 Å². The molecule has 5 rings (SSSR count). The third-order valence-electron chi connectivity index (χ3n) is 6.98. The van der Waals surface area contributed by atoms with Crippen LogP contribution in [0, 0.1) is 0 Å². The summed E-state index contributed by atoms with van der Waals surface area (Å²) in [6.45, 7) is 3.98. The van der Waals surface area contributed by atoms with E-state index in [0.29, 0.717) is 37.2 Å². The largest absolute Gasteiger partial charge is 0.496 e. The number of imidazole rings is 1. The Balaban J connectivity index is 1.76. The van der Waals surface area contributed by atoms with E-state index >= 15 is 0 Å². The highest BCUT2D eigenvalue weighted by molar-refractivity contribution is 9.10. The van der Waals surface area contributed by atoms with Crippen LogP contribution in [0.1, 0.15) is 43.9 Å². The van der Waals surface area contributed by atoms with Crippen LogP contribution in [-0.4, -0.2) is 33.4 Å². The molecule has 0 saturated carbocycles. The molecule has 3 heterocycles.